The van der Waals surface area contributed by atoms with Crippen molar-refractivity contribution in [3.8, 4) is 0 Å². The number of fused-ring (bicyclic) bond motifs is 2. The van der Waals surface area contributed by atoms with Crippen LogP contribution in [0.15, 0.2) is 103 Å². The molecule has 1 heteroatoms. The lowest BCUT2D eigenvalue weighted by atomic mass is 10.0. The monoisotopic (exact) mass is 383 g/mol. The lowest BCUT2D eigenvalue weighted by molar-refractivity contribution is 1.29. The number of aromatic nitrogens is 1. The minimum atomic E-state index is 0.949. The van der Waals surface area contributed by atoms with Crippen LogP contribution < -0.4 is 0 Å². The van der Waals surface area contributed by atoms with Crippen LogP contribution in [0.4, 0.5) is 0 Å². The summed E-state index contributed by atoms with van der Waals surface area (Å²) < 4.78 is 0. The Labute approximate surface area is 176 Å². The van der Waals surface area contributed by atoms with Gasteiger partial charge in [-0.05, 0) is 50.4 Å². The average molecular weight is 383 g/mol. The number of nitrogens with zero attached hydrogens (tertiary/aromatic N) is 1. The summed E-state index contributed by atoms with van der Waals surface area (Å²) in [6.07, 6.45) is 10.4. The predicted molar refractivity (Wildman–Crippen MR) is 130 cm³/mol. The average Bonchev–Trinajstić information content (AvgIpc) is 2.82. The zero-order valence-electron chi connectivity index (χ0n) is 16.6. The fraction of sp³-hybridized carbons (Fsp3) is 0. The van der Waals surface area contributed by atoms with E-state index in [4.69, 9.17) is 0 Å². The predicted octanol–water partition coefficient (Wildman–Crippen LogP) is 7.73. The minimum Gasteiger partial charge on any atom is -0.256 e. The molecule has 30 heavy (non-hydrogen) atoms. The molecule has 0 saturated heterocycles. The Bertz CT molecular complexity index is 1260. The highest BCUT2D eigenvalue weighted by Gasteiger charge is 1.98. The van der Waals surface area contributed by atoms with Gasteiger partial charge in [0.25, 0.3) is 0 Å². The Morgan fingerprint density at radius 2 is 1.03 bits per heavy atom. The van der Waals surface area contributed by atoms with Gasteiger partial charge in [-0.1, -0.05) is 109 Å². The number of benzene rings is 4. The molecule has 0 aliphatic carbocycles. The van der Waals surface area contributed by atoms with Crippen LogP contribution in [0.3, 0.4) is 0 Å². The number of hydrogen-bond acceptors (Lipinski definition) is 1. The van der Waals surface area contributed by atoms with Crippen LogP contribution in [0.1, 0.15) is 22.4 Å². The zero-order chi connectivity index (χ0) is 20.2. The molecule has 5 rings (SSSR count). The molecule has 0 aliphatic heterocycles. The highest BCUT2D eigenvalue weighted by atomic mass is 14.7. The van der Waals surface area contributed by atoms with Crippen LogP contribution in [-0.2, 0) is 0 Å². The first-order chi connectivity index (χ1) is 14.9. The second kappa shape index (κ2) is 8.18. The van der Waals surface area contributed by atoms with E-state index in [9.17, 15) is 0 Å². The summed E-state index contributed by atoms with van der Waals surface area (Å²) in [6, 6.07) is 33.8. The molecule has 0 radical (unpaired) electrons. The standard InChI is InChI=1S/C29H21N/c1-3-13-28-23(7-1)9-5-11-25(28)17-15-22-16-19-27(30-21-22)20-18-26-12-6-10-24-8-2-4-14-29(24)26/h1-21H/b17-15+,20-18+. The van der Waals surface area contributed by atoms with E-state index in [1.165, 1.54) is 32.7 Å². The molecule has 0 unspecified atom stereocenters. The van der Waals surface area contributed by atoms with E-state index in [-0.39, 0.29) is 0 Å². The van der Waals surface area contributed by atoms with E-state index in [0.717, 1.165) is 11.3 Å². The van der Waals surface area contributed by atoms with Gasteiger partial charge in [-0.25, -0.2) is 0 Å². The van der Waals surface area contributed by atoms with E-state index < -0.39 is 0 Å². The molecule has 0 atom stereocenters. The molecule has 0 spiro atoms. The largest absolute Gasteiger partial charge is 0.256 e. The highest BCUT2D eigenvalue weighted by molar-refractivity contribution is 5.93. The second-order valence-electron chi connectivity index (χ2n) is 7.32. The number of pyridine rings is 1. The third-order valence-corrected chi connectivity index (χ3v) is 5.34. The van der Waals surface area contributed by atoms with Crippen molar-refractivity contribution in [2.75, 3.05) is 0 Å². The lowest BCUT2D eigenvalue weighted by Gasteiger charge is -2.02. The van der Waals surface area contributed by atoms with Crippen LogP contribution in [0.25, 0.3) is 45.8 Å². The quantitative estimate of drug-likeness (QED) is 0.309. The smallest absolute Gasteiger partial charge is 0.0630 e. The van der Waals surface area contributed by atoms with Crippen molar-refractivity contribution in [1.29, 1.82) is 0 Å². The molecule has 0 saturated carbocycles. The van der Waals surface area contributed by atoms with Crippen LogP contribution in [0, 0.1) is 0 Å². The van der Waals surface area contributed by atoms with Gasteiger partial charge in [0.15, 0.2) is 0 Å². The maximum Gasteiger partial charge on any atom is 0.0630 e. The fourth-order valence-corrected chi connectivity index (χ4v) is 3.77. The van der Waals surface area contributed by atoms with Gasteiger partial charge < -0.3 is 0 Å². The molecule has 0 bridgehead atoms. The van der Waals surface area contributed by atoms with Crippen molar-refractivity contribution in [3.05, 3.63) is 126 Å². The summed E-state index contributed by atoms with van der Waals surface area (Å²) in [5.74, 6) is 0. The van der Waals surface area contributed by atoms with Gasteiger partial charge in [0.05, 0.1) is 5.69 Å². The van der Waals surface area contributed by atoms with Crippen molar-refractivity contribution >= 4 is 45.8 Å². The maximum atomic E-state index is 4.61. The van der Waals surface area contributed by atoms with Gasteiger partial charge in [-0.2, -0.15) is 0 Å². The molecule has 4 aromatic carbocycles. The Morgan fingerprint density at radius 1 is 0.467 bits per heavy atom. The summed E-state index contributed by atoms with van der Waals surface area (Å²) in [6.45, 7) is 0. The van der Waals surface area contributed by atoms with E-state index in [1.54, 1.807) is 0 Å². The Balaban J connectivity index is 1.36. The lowest BCUT2D eigenvalue weighted by Crippen LogP contribution is -1.83. The third kappa shape index (κ3) is 3.78. The first kappa shape index (κ1) is 18.1. The first-order valence-electron chi connectivity index (χ1n) is 10.1. The van der Waals surface area contributed by atoms with Gasteiger partial charge >= 0.3 is 0 Å². The van der Waals surface area contributed by atoms with Gasteiger partial charge in [0, 0.05) is 6.20 Å². The minimum absolute atomic E-state index is 0.949. The first-order valence-corrected chi connectivity index (χ1v) is 10.1. The van der Waals surface area contributed by atoms with E-state index >= 15 is 0 Å². The maximum absolute atomic E-state index is 4.61. The molecule has 0 N–H and O–H groups in total. The molecular formula is C29H21N. The van der Waals surface area contributed by atoms with Crippen LogP contribution in [0.5, 0.6) is 0 Å². The SMILES string of the molecule is C(=C\c1cccc2ccccc12)/c1ccc(/C=C/c2cccc3ccccc23)nc1. The summed E-state index contributed by atoms with van der Waals surface area (Å²) in [5.41, 5.74) is 4.46. The van der Waals surface area contributed by atoms with E-state index in [1.807, 2.05) is 6.20 Å². The second-order valence-corrected chi connectivity index (χ2v) is 7.32. The van der Waals surface area contributed by atoms with Crippen LogP contribution in [-0.4, -0.2) is 4.98 Å². The summed E-state index contributed by atoms with van der Waals surface area (Å²) >= 11 is 0. The Kier molecular flexibility index (Phi) is 4.93. The Morgan fingerprint density at radius 3 is 1.63 bits per heavy atom. The van der Waals surface area contributed by atoms with Gasteiger partial charge in [0.1, 0.15) is 0 Å². The van der Waals surface area contributed by atoms with Crippen LogP contribution >= 0.6 is 0 Å². The Hall–Kier alpha value is -3.97. The van der Waals surface area contributed by atoms with Crippen molar-refractivity contribution in [1.82, 2.24) is 4.98 Å². The number of rotatable bonds is 4. The van der Waals surface area contributed by atoms with E-state index in [0.29, 0.717) is 0 Å². The topological polar surface area (TPSA) is 12.9 Å². The molecular weight excluding hydrogens is 362 g/mol. The van der Waals surface area contributed by atoms with Gasteiger partial charge in [-0.15, -0.1) is 0 Å². The molecule has 0 amide bonds. The zero-order valence-corrected chi connectivity index (χ0v) is 16.6. The summed E-state index contributed by atoms with van der Waals surface area (Å²) in [4.78, 5) is 4.61. The highest BCUT2D eigenvalue weighted by Crippen LogP contribution is 2.22. The summed E-state index contributed by atoms with van der Waals surface area (Å²) in [5, 5.41) is 5.03. The molecule has 1 nitrogen and oxygen atoms in total. The molecule has 1 heterocycles. The third-order valence-electron chi connectivity index (χ3n) is 5.34. The van der Waals surface area contributed by atoms with Crippen molar-refractivity contribution in [3.63, 3.8) is 0 Å². The van der Waals surface area contributed by atoms with Gasteiger partial charge in [0.2, 0.25) is 0 Å². The fourth-order valence-electron chi connectivity index (χ4n) is 3.77. The van der Waals surface area contributed by atoms with Gasteiger partial charge in [-0.3, -0.25) is 4.98 Å². The van der Waals surface area contributed by atoms with Crippen LogP contribution in [0.2, 0.25) is 0 Å². The summed E-state index contributed by atoms with van der Waals surface area (Å²) in [7, 11) is 0. The van der Waals surface area contributed by atoms with Crippen molar-refractivity contribution in [2.45, 2.75) is 0 Å². The molecule has 5 aromatic rings. The van der Waals surface area contributed by atoms with Crippen molar-refractivity contribution < 1.29 is 0 Å². The van der Waals surface area contributed by atoms with E-state index in [2.05, 4.69) is 126 Å². The molecule has 142 valence electrons. The van der Waals surface area contributed by atoms with Crippen molar-refractivity contribution in [2.24, 2.45) is 0 Å². The normalized spacial score (nSPS) is 11.7. The molecule has 1 aromatic heterocycles. The molecule has 0 aliphatic rings. The number of hydrogen-bond donors (Lipinski definition) is 0. The molecule has 0 fully saturated rings.